The summed E-state index contributed by atoms with van der Waals surface area (Å²) in [6, 6.07) is 12.2. The van der Waals surface area contributed by atoms with Gasteiger partial charge in [-0.25, -0.2) is 18.7 Å². The number of nitrogens with zero attached hydrogens (tertiary/aromatic N) is 4. The van der Waals surface area contributed by atoms with Crippen LogP contribution < -0.4 is 4.90 Å². The molecular weight excluding hydrogens is 464 g/mol. The molecule has 1 amide bonds. The molecule has 3 heterocycles. The number of carbonyl (C=O) groups excluding carboxylic acids is 1. The van der Waals surface area contributed by atoms with Crippen LogP contribution in [0.2, 0.25) is 5.02 Å². The van der Waals surface area contributed by atoms with E-state index in [-0.39, 0.29) is 5.56 Å². The number of H-pyrrole nitrogens is 1. The lowest BCUT2D eigenvalue weighted by Gasteiger charge is -2.36. The molecule has 0 saturated carbocycles. The van der Waals surface area contributed by atoms with Crippen molar-refractivity contribution in [1.29, 1.82) is 0 Å². The number of piperazine rings is 1. The van der Waals surface area contributed by atoms with Gasteiger partial charge < -0.3 is 19.9 Å². The van der Waals surface area contributed by atoms with Crippen molar-refractivity contribution in [3.63, 3.8) is 0 Å². The molecule has 1 saturated heterocycles. The number of aliphatic hydroxyl groups is 1. The van der Waals surface area contributed by atoms with E-state index in [1.54, 1.807) is 12.3 Å². The number of amides is 1. The third-order valence-electron chi connectivity index (χ3n) is 5.87. The summed E-state index contributed by atoms with van der Waals surface area (Å²) in [7, 11) is 0. The lowest BCUT2D eigenvalue weighted by atomic mass is 10.1. The first kappa shape index (κ1) is 22.2. The Hall–Kier alpha value is -3.56. The van der Waals surface area contributed by atoms with Crippen LogP contribution in [0.25, 0.3) is 22.4 Å². The van der Waals surface area contributed by atoms with E-state index in [4.69, 9.17) is 11.6 Å². The number of rotatable bonds is 4. The molecule has 0 aliphatic carbocycles. The molecule has 1 aliphatic rings. The van der Waals surface area contributed by atoms with E-state index in [2.05, 4.69) is 15.0 Å². The minimum atomic E-state index is -1.54. The molecule has 1 unspecified atom stereocenters. The van der Waals surface area contributed by atoms with E-state index in [9.17, 15) is 18.7 Å². The Kier molecular flexibility index (Phi) is 5.89. The van der Waals surface area contributed by atoms with Crippen molar-refractivity contribution in [1.82, 2.24) is 19.9 Å². The van der Waals surface area contributed by atoms with Gasteiger partial charge in [0.15, 0.2) is 17.7 Å². The van der Waals surface area contributed by atoms with Crippen LogP contribution in [0.3, 0.4) is 0 Å². The van der Waals surface area contributed by atoms with Crippen LogP contribution in [0.4, 0.5) is 14.6 Å². The summed E-state index contributed by atoms with van der Waals surface area (Å²) >= 11 is 6.04. The van der Waals surface area contributed by atoms with Gasteiger partial charge in [-0.15, -0.1) is 0 Å². The number of halogens is 3. The highest BCUT2D eigenvalue weighted by Crippen LogP contribution is 2.25. The maximum Gasteiger partial charge on any atom is 0.256 e. The van der Waals surface area contributed by atoms with Crippen LogP contribution in [-0.2, 0) is 4.79 Å². The van der Waals surface area contributed by atoms with Crippen LogP contribution in [-0.4, -0.2) is 57.0 Å². The highest BCUT2D eigenvalue weighted by atomic mass is 35.5. The maximum atomic E-state index is 13.5. The van der Waals surface area contributed by atoms with E-state index in [0.29, 0.717) is 37.0 Å². The second-order valence-corrected chi connectivity index (χ2v) is 8.48. The highest BCUT2D eigenvalue weighted by molar-refractivity contribution is 6.31. The van der Waals surface area contributed by atoms with Gasteiger partial charge in [0.05, 0.1) is 11.0 Å². The van der Waals surface area contributed by atoms with Crippen molar-refractivity contribution in [2.24, 2.45) is 0 Å². The van der Waals surface area contributed by atoms with E-state index >= 15 is 0 Å². The second-order valence-electron chi connectivity index (χ2n) is 8.04. The molecule has 4 aromatic rings. The summed E-state index contributed by atoms with van der Waals surface area (Å²) in [4.78, 5) is 28.5. The number of fused-ring (bicyclic) bond motifs is 1. The van der Waals surface area contributed by atoms with Crippen molar-refractivity contribution >= 4 is 34.4 Å². The molecule has 1 fully saturated rings. The molecule has 174 valence electrons. The van der Waals surface area contributed by atoms with Gasteiger partial charge >= 0.3 is 0 Å². The first-order valence-corrected chi connectivity index (χ1v) is 11.1. The quantitative estimate of drug-likeness (QED) is 0.459. The van der Waals surface area contributed by atoms with Crippen molar-refractivity contribution in [3.8, 4) is 11.4 Å². The zero-order valence-corrected chi connectivity index (χ0v) is 18.6. The number of carbonyl (C=O) groups is 1. The van der Waals surface area contributed by atoms with Gasteiger partial charge in [-0.05, 0) is 48.0 Å². The van der Waals surface area contributed by atoms with Crippen LogP contribution in [0, 0.1) is 11.6 Å². The Balaban J connectivity index is 1.22. The normalized spacial score (nSPS) is 15.1. The van der Waals surface area contributed by atoms with Gasteiger partial charge in [-0.3, -0.25) is 4.79 Å². The average molecular weight is 484 g/mol. The number of aliphatic hydroxyl groups excluding tert-OH is 1. The van der Waals surface area contributed by atoms with Gasteiger partial charge in [0.25, 0.3) is 5.91 Å². The van der Waals surface area contributed by atoms with E-state index in [1.807, 2.05) is 29.2 Å². The number of aromatic amines is 1. The summed E-state index contributed by atoms with van der Waals surface area (Å²) in [6.45, 7) is 1.78. The monoisotopic (exact) mass is 483 g/mol. The molecule has 34 heavy (non-hydrogen) atoms. The van der Waals surface area contributed by atoms with Gasteiger partial charge in [-0.2, -0.15) is 0 Å². The van der Waals surface area contributed by atoms with E-state index in [1.165, 1.54) is 11.0 Å². The first-order valence-electron chi connectivity index (χ1n) is 10.7. The fraction of sp³-hybridized carbons (Fsp3) is 0.208. The van der Waals surface area contributed by atoms with Gasteiger partial charge in [0.2, 0.25) is 0 Å². The Morgan fingerprint density at radius 3 is 2.53 bits per heavy atom. The van der Waals surface area contributed by atoms with E-state index < -0.39 is 23.6 Å². The van der Waals surface area contributed by atoms with Crippen LogP contribution >= 0.6 is 11.6 Å². The molecule has 1 atom stereocenters. The summed E-state index contributed by atoms with van der Waals surface area (Å²) in [5, 5.41) is 11.0. The molecule has 0 spiro atoms. The number of imidazole rings is 1. The molecule has 7 nitrogen and oxygen atoms in total. The van der Waals surface area contributed by atoms with Crippen molar-refractivity contribution in [3.05, 3.63) is 76.9 Å². The number of pyridine rings is 1. The number of nitrogens with one attached hydrogen (secondary N) is 1. The minimum absolute atomic E-state index is 0.0245. The Bertz CT molecular complexity index is 1350. The molecule has 1 aliphatic heterocycles. The molecular formula is C24H20ClF2N5O2. The lowest BCUT2D eigenvalue weighted by Crippen LogP contribution is -2.50. The fourth-order valence-corrected chi connectivity index (χ4v) is 4.16. The molecule has 2 aromatic carbocycles. The SMILES string of the molecule is O=C(C(O)c1ccc(F)c(F)c1)N1CCN(c2ccc(-c3nc4ccc(Cl)cc4[nH]3)cn2)CC1. The molecule has 5 rings (SSSR count). The molecule has 0 radical (unpaired) electrons. The predicted octanol–water partition coefficient (Wildman–Crippen LogP) is 3.94. The number of aromatic nitrogens is 3. The third-order valence-corrected chi connectivity index (χ3v) is 6.11. The lowest BCUT2D eigenvalue weighted by molar-refractivity contribution is -0.140. The van der Waals surface area contributed by atoms with Crippen LogP contribution in [0.5, 0.6) is 0 Å². The first-order chi connectivity index (χ1) is 16.4. The van der Waals surface area contributed by atoms with Crippen molar-refractivity contribution in [2.75, 3.05) is 31.1 Å². The minimum Gasteiger partial charge on any atom is -0.378 e. The summed E-state index contributed by atoms with van der Waals surface area (Å²) in [5.74, 6) is -1.22. The summed E-state index contributed by atoms with van der Waals surface area (Å²) in [6.07, 6.45) is 0.191. The van der Waals surface area contributed by atoms with Gasteiger partial charge in [0.1, 0.15) is 11.6 Å². The van der Waals surface area contributed by atoms with Crippen molar-refractivity contribution in [2.45, 2.75) is 6.10 Å². The van der Waals surface area contributed by atoms with Crippen molar-refractivity contribution < 1.29 is 18.7 Å². The second kappa shape index (κ2) is 9.00. The highest BCUT2D eigenvalue weighted by Gasteiger charge is 2.28. The van der Waals surface area contributed by atoms with Crippen LogP contribution in [0.1, 0.15) is 11.7 Å². The number of benzene rings is 2. The number of anilines is 1. The zero-order valence-electron chi connectivity index (χ0n) is 17.9. The number of hydrogen-bond acceptors (Lipinski definition) is 5. The van der Waals surface area contributed by atoms with E-state index in [0.717, 1.165) is 34.5 Å². The fourth-order valence-electron chi connectivity index (χ4n) is 3.99. The van der Waals surface area contributed by atoms with Crippen LogP contribution in [0.15, 0.2) is 54.7 Å². The standard InChI is InChI=1S/C24H20ClF2N5O2/c25-16-3-5-19-20(12-16)30-23(29-19)15-2-6-21(28-13-15)31-7-9-32(10-8-31)24(34)22(33)14-1-4-17(26)18(27)11-14/h1-6,11-13,22,33H,7-10H2,(H,29,30). The Morgan fingerprint density at radius 1 is 1.03 bits per heavy atom. The molecule has 2 aromatic heterocycles. The van der Waals surface area contributed by atoms with Gasteiger partial charge in [-0.1, -0.05) is 17.7 Å². The zero-order chi connectivity index (χ0) is 23.8. The molecule has 10 heteroatoms. The van der Waals surface area contributed by atoms with Gasteiger partial charge in [0, 0.05) is 43.0 Å². The molecule has 0 bridgehead atoms. The Morgan fingerprint density at radius 2 is 1.82 bits per heavy atom. The number of hydrogen-bond donors (Lipinski definition) is 2. The average Bonchev–Trinajstić information content (AvgIpc) is 3.28. The topological polar surface area (TPSA) is 85.4 Å². The predicted molar refractivity (Wildman–Crippen MR) is 124 cm³/mol. The third kappa shape index (κ3) is 4.32. The Labute approximate surface area is 198 Å². The summed E-state index contributed by atoms with van der Waals surface area (Å²) in [5.41, 5.74) is 2.52. The largest absolute Gasteiger partial charge is 0.378 e. The maximum absolute atomic E-state index is 13.5. The smallest absolute Gasteiger partial charge is 0.256 e. The molecule has 2 N–H and O–H groups in total. The summed E-state index contributed by atoms with van der Waals surface area (Å²) < 4.78 is 26.6.